The average Bonchev–Trinajstić information content (AvgIpc) is 2.63. The Balaban J connectivity index is 2.61. The second kappa shape index (κ2) is 5.08. The Morgan fingerprint density at radius 1 is 1.44 bits per heavy atom. The van der Waals surface area contributed by atoms with E-state index in [0.717, 1.165) is 18.6 Å². The molecule has 1 heterocycles. The van der Waals surface area contributed by atoms with Gasteiger partial charge in [0.2, 0.25) is 5.91 Å². The first-order valence-electron chi connectivity index (χ1n) is 5.47. The van der Waals surface area contributed by atoms with Gasteiger partial charge in [0.05, 0.1) is 5.25 Å². The third-order valence-electron chi connectivity index (χ3n) is 2.62. The van der Waals surface area contributed by atoms with Gasteiger partial charge < -0.3 is 10.4 Å². The average molecular weight is 245 g/mol. The maximum Gasteiger partial charge on any atom is 0.326 e. The largest absolute Gasteiger partial charge is 0.480 e. The Bertz CT molecular complexity index is 279. The fraction of sp³-hybridized carbons (Fsp3) is 0.818. The number of carbonyl (C=O) groups excluding carboxylic acids is 1. The molecule has 0 aromatic heterocycles. The molecule has 0 saturated carbocycles. The van der Waals surface area contributed by atoms with Crippen molar-refractivity contribution in [3.63, 3.8) is 0 Å². The number of amides is 1. The van der Waals surface area contributed by atoms with Gasteiger partial charge in [0, 0.05) is 0 Å². The summed E-state index contributed by atoms with van der Waals surface area (Å²) in [5.41, 5.74) is -0.467. The summed E-state index contributed by atoms with van der Waals surface area (Å²) < 4.78 is 0. The van der Waals surface area contributed by atoms with E-state index in [0.29, 0.717) is 0 Å². The number of carboxylic acids is 1. The highest BCUT2D eigenvalue weighted by atomic mass is 32.2. The summed E-state index contributed by atoms with van der Waals surface area (Å²) in [6.45, 7) is 5.44. The number of carboxylic acid groups (broad SMARTS) is 1. The molecule has 0 spiro atoms. The van der Waals surface area contributed by atoms with Gasteiger partial charge in [-0.3, -0.25) is 4.79 Å². The molecule has 1 fully saturated rings. The monoisotopic (exact) mass is 245 g/mol. The van der Waals surface area contributed by atoms with Gasteiger partial charge in [-0.05, 0) is 24.0 Å². The minimum atomic E-state index is -0.969. The van der Waals surface area contributed by atoms with Crippen LogP contribution in [0.4, 0.5) is 0 Å². The van der Waals surface area contributed by atoms with Crippen LogP contribution >= 0.6 is 11.8 Å². The molecule has 0 aliphatic carbocycles. The second-order valence-electron chi connectivity index (χ2n) is 5.15. The van der Waals surface area contributed by atoms with Gasteiger partial charge in [0.1, 0.15) is 6.04 Å². The van der Waals surface area contributed by atoms with E-state index in [9.17, 15) is 9.59 Å². The number of carbonyl (C=O) groups is 2. The molecule has 1 saturated heterocycles. The molecule has 16 heavy (non-hydrogen) atoms. The molecular weight excluding hydrogens is 226 g/mol. The zero-order valence-electron chi connectivity index (χ0n) is 9.95. The first kappa shape index (κ1) is 13.4. The predicted octanol–water partition coefficient (Wildman–Crippen LogP) is 1.50. The molecule has 0 radical (unpaired) electrons. The number of thioether (sulfide) groups is 1. The number of rotatable bonds is 3. The van der Waals surface area contributed by atoms with E-state index in [1.54, 1.807) is 11.8 Å². The smallest absolute Gasteiger partial charge is 0.326 e. The normalized spacial score (nSPS) is 22.8. The molecule has 2 atom stereocenters. The van der Waals surface area contributed by atoms with E-state index >= 15 is 0 Å². The summed E-state index contributed by atoms with van der Waals surface area (Å²) in [7, 11) is 0. The molecule has 1 aliphatic rings. The summed E-state index contributed by atoms with van der Waals surface area (Å²) in [6.07, 6.45) is 1.89. The van der Waals surface area contributed by atoms with Crippen LogP contribution in [-0.4, -0.2) is 34.0 Å². The van der Waals surface area contributed by atoms with Gasteiger partial charge in [0.15, 0.2) is 0 Å². The van der Waals surface area contributed by atoms with Crippen LogP contribution in [0.5, 0.6) is 0 Å². The minimum Gasteiger partial charge on any atom is -0.480 e. The van der Waals surface area contributed by atoms with Crippen LogP contribution in [0.1, 0.15) is 33.6 Å². The van der Waals surface area contributed by atoms with Crippen LogP contribution in [0, 0.1) is 5.41 Å². The fourth-order valence-corrected chi connectivity index (χ4v) is 2.84. The van der Waals surface area contributed by atoms with Gasteiger partial charge in [-0.1, -0.05) is 20.8 Å². The molecule has 0 bridgehead atoms. The lowest BCUT2D eigenvalue weighted by Crippen LogP contribution is -2.51. The van der Waals surface area contributed by atoms with E-state index < -0.39 is 17.4 Å². The Morgan fingerprint density at radius 2 is 2.06 bits per heavy atom. The summed E-state index contributed by atoms with van der Waals surface area (Å²) >= 11 is 1.61. The Labute approximate surface area is 100 Å². The first-order valence-corrected chi connectivity index (χ1v) is 6.52. The van der Waals surface area contributed by atoms with Crippen molar-refractivity contribution in [2.24, 2.45) is 5.41 Å². The highest BCUT2D eigenvalue weighted by Crippen LogP contribution is 2.27. The van der Waals surface area contributed by atoms with Crippen LogP contribution in [0.15, 0.2) is 0 Å². The molecular formula is C11H19NO3S. The highest BCUT2D eigenvalue weighted by Gasteiger charge is 2.35. The van der Waals surface area contributed by atoms with E-state index in [1.807, 2.05) is 20.8 Å². The van der Waals surface area contributed by atoms with Gasteiger partial charge in [-0.2, -0.15) is 0 Å². The van der Waals surface area contributed by atoms with Gasteiger partial charge in [-0.25, -0.2) is 4.79 Å². The van der Waals surface area contributed by atoms with Gasteiger partial charge >= 0.3 is 5.97 Å². The summed E-state index contributed by atoms with van der Waals surface area (Å²) in [4.78, 5) is 22.9. The van der Waals surface area contributed by atoms with Crippen LogP contribution in [0.25, 0.3) is 0 Å². The lowest BCUT2D eigenvalue weighted by atomic mass is 9.86. The van der Waals surface area contributed by atoms with E-state index in [4.69, 9.17) is 5.11 Å². The Hall–Kier alpha value is -0.710. The second-order valence-corrected chi connectivity index (χ2v) is 6.46. The SMILES string of the molecule is CC(C)(C)C(NC(=O)C1CCCS1)C(=O)O. The number of aliphatic carboxylic acids is 1. The van der Waals surface area contributed by atoms with Crippen molar-refractivity contribution >= 4 is 23.6 Å². The number of hydrogen-bond donors (Lipinski definition) is 2. The lowest BCUT2D eigenvalue weighted by Gasteiger charge is -2.28. The molecule has 5 heteroatoms. The van der Waals surface area contributed by atoms with Crippen LogP contribution in [0.2, 0.25) is 0 Å². The standard InChI is InChI=1S/C11H19NO3S/c1-11(2,3)8(10(14)15)12-9(13)7-5-4-6-16-7/h7-8H,4-6H2,1-3H3,(H,12,13)(H,14,15). The van der Waals surface area contributed by atoms with Crippen molar-refractivity contribution in [3.05, 3.63) is 0 Å². The molecule has 1 aliphatic heterocycles. The van der Waals surface area contributed by atoms with Crippen LogP contribution in [0.3, 0.4) is 0 Å². The molecule has 4 nitrogen and oxygen atoms in total. The van der Waals surface area contributed by atoms with E-state index in [1.165, 1.54) is 0 Å². The molecule has 2 unspecified atom stereocenters. The summed E-state index contributed by atoms with van der Waals surface area (Å²) in [6, 6.07) is -0.818. The topological polar surface area (TPSA) is 66.4 Å². The zero-order valence-corrected chi connectivity index (χ0v) is 10.8. The van der Waals surface area contributed by atoms with Crippen LogP contribution < -0.4 is 5.32 Å². The molecule has 1 amide bonds. The van der Waals surface area contributed by atoms with Crippen LogP contribution in [-0.2, 0) is 9.59 Å². The molecule has 92 valence electrons. The van der Waals surface area contributed by atoms with E-state index in [2.05, 4.69) is 5.32 Å². The first-order chi connectivity index (χ1) is 7.32. The maximum atomic E-state index is 11.8. The summed E-state index contributed by atoms with van der Waals surface area (Å²) in [5.74, 6) is -0.112. The highest BCUT2D eigenvalue weighted by molar-refractivity contribution is 8.00. The zero-order chi connectivity index (χ0) is 12.3. The Morgan fingerprint density at radius 3 is 2.44 bits per heavy atom. The fourth-order valence-electron chi connectivity index (χ4n) is 1.67. The van der Waals surface area contributed by atoms with Crippen molar-refractivity contribution in [2.45, 2.75) is 44.9 Å². The predicted molar refractivity (Wildman–Crippen MR) is 64.5 cm³/mol. The van der Waals surface area contributed by atoms with E-state index in [-0.39, 0.29) is 11.2 Å². The maximum absolute atomic E-state index is 11.8. The quantitative estimate of drug-likeness (QED) is 0.790. The van der Waals surface area contributed by atoms with Crippen molar-refractivity contribution in [2.75, 3.05) is 5.75 Å². The summed E-state index contributed by atoms with van der Waals surface area (Å²) in [5, 5.41) is 11.7. The van der Waals surface area contributed by atoms with Gasteiger partial charge in [0.25, 0.3) is 0 Å². The molecule has 1 rings (SSSR count). The number of hydrogen-bond acceptors (Lipinski definition) is 3. The van der Waals surface area contributed by atoms with Crippen molar-refractivity contribution in [1.29, 1.82) is 0 Å². The third-order valence-corrected chi connectivity index (χ3v) is 4.00. The molecule has 0 aromatic carbocycles. The van der Waals surface area contributed by atoms with Crippen molar-refractivity contribution < 1.29 is 14.7 Å². The molecule has 0 aromatic rings. The van der Waals surface area contributed by atoms with Crippen molar-refractivity contribution in [1.82, 2.24) is 5.32 Å². The molecule has 2 N–H and O–H groups in total. The van der Waals surface area contributed by atoms with Gasteiger partial charge in [-0.15, -0.1) is 11.8 Å². The number of nitrogens with one attached hydrogen (secondary N) is 1. The Kier molecular flexibility index (Phi) is 4.24. The lowest BCUT2D eigenvalue weighted by molar-refractivity contribution is -0.144. The third kappa shape index (κ3) is 3.40. The van der Waals surface area contributed by atoms with Crippen molar-refractivity contribution in [3.8, 4) is 0 Å². The minimum absolute atomic E-state index is 0.0656.